The number of hydrogen-bond acceptors (Lipinski definition) is 2. The highest BCUT2D eigenvalue weighted by molar-refractivity contribution is 9.10. The largest absolute Gasteiger partial charge is 0.399 e. The van der Waals surface area contributed by atoms with Gasteiger partial charge >= 0.3 is 0 Å². The van der Waals surface area contributed by atoms with Crippen LogP contribution in [0.5, 0.6) is 0 Å². The van der Waals surface area contributed by atoms with Crippen molar-refractivity contribution in [2.24, 2.45) is 0 Å². The summed E-state index contributed by atoms with van der Waals surface area (Å²) in [5.41, 5.74) is 7.86. The molecule has 0 aliphatic heterocycles. The summed E-state index contributed by atoms with van der Waals surface area (Å²) in [6.45, 7) is 1.80. The van der Waals surface area contributed by atoms with E-state index in [1.54, 1.807) is 31.2 Å². The number of hydrogen-bond donors (Lipinski definition) is 1. The SMILES string of the molecule is Cc1cc(N)ccc1C(=O)c1cc(F)cc(Br)c1. The average molecular weight is 308 g/mol. The van der Waals surface area contributed by atoms with Gasteiger partial charge in [-0.25, -0.2) is 4.39 Å². The van der Waals surface area contributed by atoms with E-state index >= 15 is 0 Å². The molecule has 0 unspecified atom stereocenters. The molecule has 0 atom stereocenters. The maximum absolute atomic E-state index is 13.3. The highest BCUT2D eigenvalue weighted by atomic mass is 79.9. The van der Waals surface area contributed by atoms with E-state index in [0.717, 1.165) is 5.56 Å². The lowest BCUT2D eigenvalue weighted by Crippen LogP contribution is -2.05. The summed E-state index contributed by atoms with van der Waals surface area (Å²) in [7, 11) is 0. The predicted molar refractivity (Wildman–Crippen MR) is 73.1 cm³/mol. The Morgan fingerprint density at radius 1 is 1.22 bits per heavy atom. The molecule has 18 heavy (non-hydrogen) atoms. The number of halogens is 2. The summed E-state index contributed by atoms with van der Waals surface area (Å²) >= 11 is 3.17. The number of aryl methyl sites for hydroxylation is 1. The minimum Gasteiger partial charge on any atom is -0.399 e. The van der Waals surface area contributed by atoms with Crippen molar-refractivity contribution in [2.45, 2.75) is 6.92 Å². The quantitative estimate of drug-likeness (QED) is 0.679. The smallest absolute Gasteiger partial charge is 0.193 e. The number of ketones is 1. The van der Waals surface area contributed by atoms with Gasteiger partial charge in [-0.05, 0) is 48.9 Å². The van der Waals surface area contributed by atoms with E-state index in [9.17, 15) is 9.18 Å². The van der Waals surface area contributed by atoms with Crippen LogP contribution < -0.4 is 5.73 Å². The highest BCUT2D eigenvalue weighted by Gasteiger charge is 2.13. The van der Waals surface area contributed by atoms with Crippen LogP contribution in [0.1, 0.15) is 21.5 Å². The van der Waals surface area contributed by atoms with Crippen LogP contribution in [0.3, 0.4) is 0 Å². The summed E-state index contributed by atoms with van der Waals surface area (Å²) in [5, 5.41) is 0. The number of nitrogen functional groups attached to an aromatic ring is 1. The van der Waals surface area contributed by atoms with Gasteiger partial charge in [0, 0.05) is 21.3 Å². The lowest BCUT2D eigenvalue weighted by Gasteiger charge is -2.06. The third kappa shape index (κ3) is 2.59. The van der Waals surface area contributed by atoms with Crippen molar-refractivity contribution in [3.63, 3.8) is 0 Å². The molecule has 0 aliphatic carbocycles. The Morgan fingerprint density at radius 2 is 1.94 bits per heavy atom. The van der Waals surface area contributed by atoms with Gasteiger partial charge in [0.2, 0.25) is 0 Å². The van der Waals surface area contributed by atoms with Gasteiger partial charge in [-0.15, -0.1) is 0 Å². The van der Waals surface area contributed by atoms with Gasteiger partial charge in [0.1, 0.15) is 5.82 Å². The molecule has 0 saturated carbocycles. The van der Waals surface area contributed by atoms with Gasteiger partial charge in [0.15, 0.2) is 5.78 Å². The van der Waals surface area contributed by atoms with Crippen molar-refractivity contribution in [3.8, 4) is 0 Å². The highest BCUT2D eigenvalue weighted by Crippen LogP contribution is 2.20. The maximum Gasteiger partial charge on any atom is 0.193 e. The zero-order valence-corrected chi connectivity index (χ0v) is 11.3. The second-order valence-corrected chi connectivity index (χ2v) is 4.98. The maximum atomic E-state index is 13.3. The molecular formula is C14H11BrFNO. The van der Waals surface area contributed by atoms with Crippen molar-refractivity contribution < 1.29 is 9.18 Å². The van der Waals surface area contributed by atoms with Gasteiger partial charge < -0.3 is 5.73 Å². The molecule has 92 valence electrons. The first-order valence-corrected chi connectivity index (χ1v) is 6.13. The monoisotopic (exact) mass is 307 g/mol. The van der Waals surface area contributed by atoms with Crippen LogP contribution >= 0.6 is 15.9 Å². The Kier molecular flexibility index (Phi) is 3.48. The molecule has 2 aromatic carbocycles. The van der Waals surface area contributed by atoms with Gasteiger partial charge in [-0.1, -0.05) is 15.9 Å². The summed E-state index contributed by atoms with van der Waals surface area (Å²) < 4.78 is 13.8. The number of anilines is 1. The fourth-order valence-electron chi connectivity index (χ4n) is 1.78. The number of carbonyl (C=O) groups excluding carboxylic acids is 1. The van der Waals surface area contributed by atoms with Gasteiger partial charge in [0.25, 0.3) is 0 Å². The molecule has 0 radical (unpaired) electrons. The van der Waals surface area contributed by atoms with Gasteiger partial charge in [-0.3, -0.25) is 4.79 Å². The Hall–Kier alpha value is -1.68. The normalized spacial score (nSPS) is 10.4. The molecule has 2 aromatic rings. The fraction of sp³-hybridized carbons (Fsp3) is 0.0714. The van der Waals surface area contributed by atoms with E-state index in [2.05, 4.69) is 15.9 Å². The molecule has 0 bridgehead atoms. The number of rotatable bonds is 2. The molecular weight excluding hydrogens is 297 g/mol. The molecule has 0 amide bonds. The molecule has 2 N–H and O–H groups in total. The van der Waals surface area contributed by atoms with Crippen LogP contribution in [0, 0.1) is 12.7 Å². The number of carbonyl (C=O) groups is 1. The first-order valence-electron chi connectivity index (χ1n) is 5.34. The van der Waals surface area contributed by atoms with Crippen LogP contribution in [0.25, 0.3) is 0 Å². The van der Waals surface area contributed by atoms with Gasteiger partial charge in [-0.2, -0.15) is 0 Å². The molecule has 0 aromatic heterocycles. The second kappa shape index (κ2) is 4.90. The second-order valence-electron chi connectivity index (χ2n) is 4.06. The standard InChI is InChI=1S/C14H11BrFNO/c1-8-4-12(17)2-3-13(8)14(18)9-5-10(15)7-11(16)6-9/h2-7H,17H2,1H3. The molecule has 0 spiro atoms. The Balaban J connectivity index is 2.47. The lowest BCUT2D eigenvalue weighted by molar-refractivity contribution is 0.103. The summed E-state index contributed by atoms with van der Waals surface area (Å²) in [4.78, 5) is 12.3. The van der Waals surface area contributed by atoms with Crippen LogP contribution in [-0.4, -0.2) is 5.78 Å². The van der Waals surface area contributed by atoms with Crippen molar-refractivity contribution in [2.75, 3.05) is 5.73 Å². The van der Waals surface area contributed by atoms with Crippen LogP contribution in [0.4, 0.5) is 10.1 Å². The Morgan fingerprint density at radius 3 is 2.56 bits per heavy atom. The minimum atomic E-state index is -0.444. The van der Waals surface area contributed by atoms with Gasteiger partial charge in [0.05, 0.1) is 0 Å². The summed E-state index contributed by atoms with van der Waals surface area (Å²) in [5.74, 6) is -0.659. The topological polar surface area (TPSA) is 43.1 Å². The van der Waals surface area contributed by atoms with E-state index < -0.39 is 5.82 Å². The molecule has 0 heterocycles. The molecule has 2 nitrogen and oxygen atoms in total. The average Bonchev–Trinajstić information content (AvgIpc) is 2.26. The first-order chi connectivity index (χ1) is 8.47. The lowest BCUT2D eigenvalue weighted by atomic mass is 9.99. The zero-order chi connectivity index (χ0) is 13.3. The zero-order valence-electron chi connectivity index (χ0n) is 9.71. The van der Waals surface area contributed by atoms with Crippen molar-refractivity contribution >= 4 is 27.4 Å². The Labute approximate surface area is 113 Å². The van der Waals surface area contributed by atoms with E-state index in [1.165, 1.54) is 12.1 Å². The molecule has 4 heteroatoms. The summed E-state index contributed by atoms with van der Waals surface area (Å²) in [6.07, 6.45) is 0. The molecule has 2 rings (SSSR count). The fourth-order valence-corrected chi connectivity index (χ4v) is 2.25. The predicted octanol–water partition coefficient (Wildman–Crippen LogP) is 3.71. The molecule has 0 saturated heterocycles. The van der Waals surface area contributed by atoms with Crippen molar-refractivity contribution in [1.82, 2.24) is 0 Å². The third-order valence-corrected chi connectivity index (χ3v) is 3.08. The van der Waals surface area contributed by atoms with Crippen molar-refractivity contribution in [3.05, 3.63) is 63.4 Å². The van der Waals surface area contributed by atoms with Crippen LogP contribution in [0.2, 0.25) is 0 Å². The third-order valence-electron chi connectivity index (χ3n) is 2.62. The minimum absolute atomic E-state index is 0.215. The Bertz CT molecular complexity index is 605. The molecule has 0 aliphatic rings. The van der Waals surface area contributed by atoms with E-state index in [-0.39, 0.29) is 5.78 Å². The van der Waals surface area contributed by atoms with E-state index in [0.29, 0.717) is 21.3 Å². The van der Waals surface area contributed by atoms with E-state index in [1.807, 2.05) is 0 Å². The number of nitrogens with two attached hydrogens (primary N) is 1. The van der Waals surface area contributed by atoms with Crippen LogP contribution in [0.15, 0.2) is 40.9 Å². The van der Waals surface area contributed by atoms with E-state index in [4.69, 9.17) is 5.73 Å². The number of benzene rings is 2. The van der Waals surface area contributed by atoms with Crippen molar-refractivity contribution in [1.29, 1.82) is 0 Å². The first kappa shape index (κ1) is 12.8. The van der Waals surface area contributed by atoms with Crippen LogP contribution in [-0.2, 0) is 0 Å². The molecule has 0 fully saturated rings. The summed E-state index contributed by atoms with van der Waals surface area (Å²) in [6, 6.07) is 9.18.